The summed E-state index contributed by atoms with van der Waals surface area (Å²) < 4.78 is 19.2. The molecule has 0 bridgehead atoms. The van der Waals surface area contributed by atoms with Crippen molar-refractivity contribution in [3.05, 3.63) is 48.3 Å². The van der Waals surface area contributed by atoms with Gasteiger partial charge in [-0.25, -0.2) is 4.39 Å². The molecule has 0 saturated carbocycles. The third kappa shape index (κ3) is 6.48. The summed E-state index contributed by atoms with van der Waals surface area (Å²) in [5.74, 6) is 0.838. The smallest absolute Gasteiger partial charge is 0.233 e. The summed E-state index contributed by atoms with van der Waals surface area (Å²) in [4.78, 5) is 16.1. The number of nitrogens with one attached hydrogen (secondary N) is 4. The zero-order valence-electron chi connectivity index (χ0n) is 20.4. The maximum absolute atomic E-state index is 14.2. The molecular weight excluding hydrogens is 447 g/mol. The molecule has 1 aliphatic heterocycles. The summed E-state index contributed by atoms with van der Waals surface area (Å²) in [5, 5.41) is 13.0. The van der Waals surface area contributed by atoms with Crippen molar-refractivity contribution in [2.45, 2.75) is 32.7 Å². The minimum atomic E-state index is -0.468. The van der Waals surface area contributed by atoms with Gasteiger partial charge in [0, 0.05) is 42.3 Å². The fourth-order valence-corrected chi connectivity index (χ4v) is 4.23. The average molecular weight is 481 g/mol. The fraction of sp³-hybridized carbons (Fsp3) is 0.400. The van der Waals surface area contributed by atoms with Crippen LogP contribution in [0.5, 0.6) is 5.75 Å². The Hall–Kier alpha value is -3.66. The topological polar surface area (TPSA) is 99.3 Å². The van der Waals surface area contributed by atoms with Crippen molar-refractivity contribution in [3.63, 3.8) is 0 Å². The summed E-state index contributed by atoms with van der Waals surface area (Å²) in [7, 11) is 1.43. The minimum absolute atomic E-state index is 0.175. The first-order valence-electron chi connectivity index (χ1n) is 12.0. The van der Waals surface area contributed by atoms with Crippen LogP contribution in [0.15, 0.2) is 42.5 Å². The summed E-state index contributed by atoms with van der Waals surface area (Å²) in [6.45, 7) is 7.93. The van der Waals surface area contributed by atoms with Gasteiger partial charge in [-0.1, -0.05) is 13.0 Å². The maximum Gasteiger partial charge on any atom is 0.233 e. The molecule has 0 spiro atoms. The molecule has 1 atom stereocenters. The number of nitrogens with zero attached hydrogens (tertiary/aromatic N) is 4. The molecule has 1 aliphatic rings. The van der Waals surface area contributed by atoms with E-state index >= 15 is 0 Å². The normalized spacial score (nSPS) is 15.6. The Bertz CT molecular complexity index is 1130. The third-order valence-electron chi connectivity index (χ3n) is 5.94. The van der Waals surface area contributed by atoms with Gasteiger partial charge in [0.25, 0.3) is 0 Å². The Morgan fingerprint density at radius 3 is 2.34 bits per heavy atom. The van der Waals surface area contributed by atoms with Crippen molar-refractivity contribution in [1.29, 1.82) is 0 Å². The van der Waals surface area contributed by atoms with Gasteiger partial charge < -0.3 is 26.0 Å². The van der Waals surface area contributed by atoms with Crippen molar-refractivity contribution in [1.82, 2.24) is 19.9 Å². The van der Waals surface area contributed by atoms with Crippen LogP contribution in [0.4, 0.5) is 39.3 Å². The number of methoxy groups -OCH3 is 1. The number of ether oxygens (including phenoxy) is 1. The van der Waals surface area contributed by atoms with E-state index in [0.29, 0.717) is 29.6 Å². The molecular formula is C25H33FN8O. The number of rotatable bonds is 11. The predicted octanol–water partition coefficient (Wildman–Crippen LogP) is 4.83. The molecule has 186 valence electrons. The highest BCUT2D eigenvalue weighted by atomic mass is 19.1. The van der Waals surface area contributed by atoms with Crippen LogP contribution in [0, 0.1) is 5.82 Å². The van der Waals surface area contributed by atoms with Crippen molar-refractivity contribution in [2.75, 3.05) is 54.6 Å². The Morgan fingerprint density at radius 2 is 1.66 bits per heavy atom. The molecule has 0 radical (unpaired) electrons. The van der Waals surface area contributed by atoms with Crippen LogP contribution >= 0.6 is 0 Å². The molecule has 1 aromatic heterocycles. The summed E-state index contributed by atoms with van der Waals surface area (Å²) >= 11 is 0. The molecule has 9 nitrogen and oxygen atoms in total. The molecule has 1 unspecified atom stereocenters. The molecule has 2 aromatic carbocycles. The first-order valence-corrected chi connectivity index (χ1v) is 12.0. The van der Waals surface area contributed by atoms with Gasteiger partial charge in [0.2, 0.25) is 17.8 Å². The van der Waals surface area contributed by atoms with Crippen molar-refractivity contribution < 1.29 is 9.13 Å². The van der Waals surface area contributed by atoms with Crippen molar-refractivity contribution >= 4 is 34.9 Å². The highest BCUT2D eigenvalue weighted by Crippen LogP contribution is 2.25. The Labute approximate surface area is 205 Å². The standard InChI is InChI=1S/C25H33FN8O/c1-4-27-17-8-6-9-18(14-17)29-24-31-23(28-16-20-10-7-13-34(20)5-2)32-25(33-24)30-19-11-12-22(35-3)21(26)15-19/h6,8-9,11-12,14-15,20,27H,4-5,7,10,13,16H2,1-3H3,(H3,28,29,30,31,32,33). The van der Waals surface area contributed by atoms with Gasteiger partial charge in [0.1, 0.15) is 0 Å². The van der Waals surface area contributed by atoms with Crippen LogP contribution in [0.1, 0.15) is 26.7 Å². The fourth-order valence-electron chi connectivity index (χ4n) is 4.23. The lowest BCUT2D eigenvalue weighted by Gasteiger charge is -2.23. The molecule has 1 fully saturated rings. The third-order valence-corrected chi connectivity index (χ3v) is 5.94. The van der Waals surface area contributed by atoms with Gasteiger partial charge in [0.05, 0.1) is 7.11 Å². The monoisotopic (exact) mass is 480 g/mol. The molecule has 0 amide bonds. The number of likely N-dealkylation sites (N-methyl/N-ethyl adjacent to an activating group) is 1. The van der Waals surface area contributed by atoms with Gasteiger partial charge in [-0.05, 0) is 63.2 Å². The summed E-state index contributed by atoms with van der Waals surface area (Å²) in [6, 6.07) is 13.0. The Morgan fingerprint density at radius 1 is 0.943 bits per heavy atom. The van der Waals surface area contributed by atoms with E-state index in [9.17, 15) is 4.39 Å². The molecule has 10 heteroatoms. The molecule has 35 heavy (non-hydrogen) atoms. The van der Waals surface area contributed by atoms with E-state index in [0.717, 1.165) is 44.0 Å². The van der Waals surface area contributed by atoms with Gasteiger partial charge in [-0.3, -0.25) is 4.90 Å². The largest absolute Gasteiger partial charge is 0.494 e. The summed E-state index contributed by atoms with van der Waals surface area (Å²) in [6.07, 6.45) is 2.34. The van der Waals surface area contributed by atoms with Gasteiger partial charge in [-0.2, -0.15) is 15.0 Å². The van der Waals surface area contributed by atoms with Crippen LogP contribution in [0.25, 0.3) is 0 Å². The zero-order valence-corrected chi connectivity index (χ0v) is 20.4. The van der Waals surface area contributed by atoms with E-state index in [4.69, 9.17) is 4.74 Å². The highest BCUT2D eigenvalue weighted by Gasteiger charge is 2.23. The second kappa shape index (κ2) is 11.7. The zero-order chi connectivity index (χ0) is 24.6. The molecule has 1 saturated heterocycles. The first-order chi connectivity index (χ1) is 17.1. The summed E-state index contributed by atoms with van der Waals surface area (Å²) in [5.41, 5.74) is 2.35. The predicted molar refractivity (Wildman–Crippen MR) is 139 cm³/mol. The van der Waals surface area contributed by atoms with Crippen LogP contribution in [-0.4, -0.2) is 59.2 Å². The molecule has 4 N–H and O–H groups in total. The van der Waals surface area contributed by atoms with E-state index in [-0.39, 0.29) is 5.75 Å². The van der Waals surface area contributed by atoms with Gasteiger partial charge >= 0.3 is 0 Å². The van der Waals surface area contributed by atoms with E-state index in [2.05, 4.69) is 48.0 Å². The number of anilines is 6. The van der Waals surface area contributed by atoms with Crippen molar-refractivity contribution in [2.24, 2.45) is 0 Å². The molecule has 4 rings (SSSR count). The minimum Gasteiger partial charge on any atom is -0.494 e. The number of hydrogen-bond acceptors (Lipinski definition) is 9. The quantitative estimate of drug-likeness (QED) is 0.307. The van der Waals surface area contributed by atoms with Crippen LogP contribution in [0.2, 0.25) is 0 Å². The van der Waals surface area contributed by atoms with Crippen LogP contribution in [0.3, 0.4) is 0 Å². The second-order valence-corrected chi connectivity index (χ2v) is 8.32. The number of hydrogen-bond donors (Lipinski definition) is 4. The lowest BCUT2D eigenvalue weighted by Crippen LogP contribution is -2.35. The number of benzene rings is 2. The maximum atomic E-state index is 14.2. The number of likely N-dealkylation sites (tertiary alicyclic amines) is 1. The highest BCUT2D eigenvalue weighted by molar-refractivity contribution is 5.63. The Balaban J connectivity index is 1.57. The Kier molecular flexibility index (Phi) is 8.15. The number of aromatic nitrogens is 3. The lowest BCUT2D eigenvalue weighted by atomic mass is 10.2. The second-order valence-electron chi connectivity index (χ2n) is 8.32. The average Bonchev–Trinajstić information content (AvgIpc) is 3.31. The lowest BCUT2D eigenvalue weighted by molar-refractivity contribution is 0.277. The molecule has 0 aliphatic carbocycles. The van der Waals surface area contributed by atoms with Gasteiger partial charge in [-0.15, -0.1) is 0 Å². The number of halogens is 1. The molecule has 3 aromatic rings. The van der Waals surface area contributed by atoms with Crippen LogP contribution in [-0.2, 0) is 0 Å². The van der Waals surface area contributed by atoms with E-state index in [1.165, 1.54) is 19.6 Å². The molecule has 2 heterocycles. The van der Waals surface area contributed by atoms with E-state index < -0.39 is 5.82 Å². The van der Waals surface area contributed by atoms with Crippen molar-refractivity contribution in [3.8, 4) is 5.75 Å². The van der Waals surface area contributed by atoms with E-state index in [1.54, 1.807) is 12.1 Å². The SMILES string of the molecule is CCNc1cccc(Nc2nc(NCC3CCCN3CC)nc(Nc3ccc(OC)c(F)c3)n2)c1. The first kappa shape index (κ1) is 24.5. The van der Waals surface area contributed by atoms with Crippen LogP contribution < -0.4 is 26.0 Å². The van der Waals surface area contributed by atoms with E-state index in [1.807, 2.05) is 31.2 Å². The van der Waals surface area contributed by atoms with Gasteiger partial charge in [0.15, 0.2) is 11.6 Å².